The van der Waals surface area contributed by atoms with E-state index in [-0.39, 0.29) is 11.0 Å². The molecule has 1 aliphatic carbocycles. The van der Waals surface area contributed by atoms with Gasteiger partial charge >= 0.3 is 5.97 Å². The third-order valence-corrected chi connectivity index (χ3v) is 3.62. The molecule has 4 heteroatoms. The molecular weight excluding hydrogens is 247 g/mol. The highest BCUT2D eigenvalue weighted by molar-refractivity contribution is 5.91. The largest absolute Gasteiger partial charge is 0.504 e. The van der Waals surface area contributed by atoms with Gasteiger partial charge in [-0.2, -0.15) is 0 Å². The Labute approximate surface area is 111 Å². The van der Waals surface area contributed by atoms with Gasteiger partial charge in [-0.15, -0.1) is 0 Å². The molecule has 0 atom stereocenters. The summed E-state index contributed by atoms with van der Waals surface area (Å²) in [7, 11) is 1.24. The van der Waals surface area contributed by atoms with Crippen LogP contribution in [0.2, 0.25) is 0 Å². The summed E-state index contributed by atoms with van der Waals surface area (Å²) < 4.78 is 18.4. The summed E-state index contributed by atoms with van der Waals surface area (Å²) in [5.74, 6) is -1.83. The van der Waals surface area contributed by atoms with E-state index in [2.05, 4.69) is 4.74 Å². The predicted octanol–water partition coefficient (Wildman–Crippen LogP) is 3.52. The van der Waals surface area contributed by atoms with Crippen molar-refractivity contribution in [1.82, 2.24) is 0 Å². The Kier molecular flexibility index (Phi) is 3.35. The number of hydrogen-bond acceptors (Lipinski definition) is 3. The molecule has 0 spiro atoms. The molecule has 0 aliphatic heterocycles. The van der Waals surface area contributed by atoms with E-state index in [4.69, 9.17) is 0 Å². The number of ether oxygens (including phenoxy) is 1. The van der Waals surface area contributed by atoms with Crippen LogP contribution < -0.4 is 0 Å². The normalized spacial score (nSPS) is 17.2. The lowest BCUT2D eigenvalue weighted by Gasteiger charge is -2.23. The molecule has 3 nitrogen and oxygen atoms in total. The topological polar surface area (TPSA) is 46.5 Å². The van der Waals surface area contributed by atoms with E-state index in [1.54, 1.807) is 0 Å². The summed E-state index contributed by atoms with van der Waals surface area (Å²) in [6.07, 6.45) is 3.80. The lowest BCUT2D eigenvalue weighted by molar-refractivity contribution is 0.0600. The maximum atomic E-state index is 13.8. The van der Waals surface area contributed by atoms with E-state index in [9.17, 15) is 14.3 Å². The van der Waals surface area contributed by atoms with E-state index in [1.807, 2.05) is 19.9 Å². The van der Waals surface area contributed by atoms with E-state index in [0.29, 0.717) is 5.56 Å². The number of allylic oxidation sites excluding steroid dienone is 2. The minimum absolute atomic E-state index is 0.108. The van der Waals surface area contributed by atoms with Gasteiger partial charge in [-0.25, -0.2) is 9.18 Å². The van der Waals surface area contributed by atoms with Crippen LogP contribution in [0.1, 0.15) is 42.6 Å². The zero-order valence-corrected chi connectivity index (χ0v) is 11.3. The number of phenols is 1. The van der Waals surface area contributed by atoms with E-state index >= 15 is 0 Å². The predicted molar refractivity (Wildman–Crippen MR) is 70.4 cm³/mol. The first-order valence-electron chi connectivity index (χ1n) is 6.18. The fraction of sp³-hybridized carbons (Fsp3) is 0.400. The summed E-state index contributed by atoms with van der Waals surface area (Å²) in [6.45, 7) is 4.07. The van der Waals surface area contributed by atoms with Gasteiger partial charge in [0.15, 0.2) is 11.6 Å². The molecule has 0 amide bonds. The number of esters is 1. The molecule has 0 heterocycles. The summed E-state index contributed by atoms with van der Waals surface area (Å²) in [4.78, 5) is 11.5. The maximum Gasteiger partial charge on any atom is 0.337 e. The Balaban J connectivity index is 2.57. The standard InChI is InChI=1S/C15H17FO3/c1-15(2)6-4-5-11(15)10-7-9(14(18)19-3)8-12(16)13(10)17/h5,7-8,17H,4,6H2,1-3H3. The van der Waals surface area contributed by atoms with Gasteiger partial charge in [0.05, 0.1) is 12.7 Å². The lowest BCUT2D eigenvalue weighted by Crippen LogP contribution is -2.11. The summed E-state index contributed by atoms with van der Waals surface area (Å²) in [5.41, 5.74) is 1.22. The first-order valence-corrected chi connectivity index (χ1v) is 6.18. The van der Waals surface area contributed by atoms with Crippen LogP contribution >= 0.6 is 0 Å². The van der Waals surface area contributed by atoms with Gasteiger partial charge in [0.2, 0.25) is 0 Å². The molecule has 19 heavy (non-hydrogen) atoms. The highest BCUT2D eigenvalue weighted by Crippen LogP contribution is 2.47. The number of carbonyl (C=O) groups is 1. The van der Waals surface area contributed by atoms with Gasteiger partial charge in [0, 0.05) is 5.56 Å². The van der Waals surface area contributed by atoms with Gasteiger partial charge in [-0.05, 0) is 36.0 Å². The number of halogens is 1. The highest BCUT2D eigenvalue weighted by atomic mass is 19.1. The van der Waals surface area contributed by atoms with Crippen molar-refractivity contribution in [3.63, 3.8) is 0 Å². The van der Waals surface area contributed by atoms with Crippen molar-refractivity contribution in [3.05, 3.63) is 35.2 Å². The zero-order valence-electron chi connectivity index (χ0n) is 11.3. The molecule has 2 rings (SSSR count). The van der Waals surface area contributed by atoms with Crippen molar-refractivity contribution in [2.24, 2.45) is 5.41 Å². The Morgan fingerprint density at radius 3 is 2.63 bits per heavy atom. The number of benzene rings is 1. The Morgan fingerprint density at radius 1 is 1.42 bits per heavy atom. The van der Waals surface area contributed by atoms with Gasteiger partial charge in [0.1, 0.15) is 0 Å². The third kappa shape index (κ3) is 2.35. The van der Waals surface area contributed by atoms with Crippen LogP contribution in [0.25, 0.3) is 5.57 Å². The number of methoxy groups -OCH3 is 1. The van der Waals surface area contributed by atoms with Crippen molar-refractivity contribution in [2.75, 3.05) is 7.11 Å². The Morgan fingerprint density at radius 2 is 2.11 bits per heavy atom. The maximum absolute atomic E-state index is 13.8. The van der Waals surface area contributed by atoms with Crippen LogP contribution in [0.15, 0.2) is 18.2 Å². The van der Waals surface area contributed by atoms with Crippen molar-refractivity contribution in [2.45, 2.75) is 26.7 Å². The SMILES string of the molecule is COC(=O)c1cc(F)c(O)c(C2=CCCC2(C)C)c1. The van der Waals surface area contributed by atoms with Crippen LogP contribution in [0, 0.1) is 11.2 Å². The Bertz CT molecular complexity index is 559. The molecule has 1 aromatic rings. The number of hydrogen-bond donors (Lipinski definition) is 1. The van der Waals surface area contributed by atoms with Crippen LogP contribution in [0.4, 0.5) is 4.39 Å². The average molecular weight is 264 g/mol. The number of aromatic hydroxyl groups is 1. The quantitative estimate of drug-likeness (QED) is 0.831. The second-order valence-corrected chi connectivity index (χ2v) is 5.39. The van der Waals surface area contributed by atoms with Crippen molar-refractivity contribution in [3.8, 4) is 5.75 Å². The molecule has 1 aromatic carbocycles. The first kappa shape index (κ1) is 13.6. The number of phenolic OH excluding ortho intramolecular Hbond substituents is 1. The van der Waals surface area contributed by atoms with Crippen LogP contribution in [-0.2, 0) is 4.74 Å². The molecule has 0 bridgehead atoms. The van der Waals surface area contributed by atoms with Crippen molar-refractivity contribution >= 4 is 11.5 Å². The molecule has 0 fully saturated rings. The third-order valence-electron chi connectivity index (χ3n) is 3.62. The van der Waals surface area contributed by atoms with Crippen LogP contribution in [0.5, 0.6) is 5.75 Å². The summed E-state index contributed by atoms with van der Waals surface area (Å²) in [6, 6.07) is 2.48. The van der Waals surface area contributed by atoms with Crippen molar-refractivity contribution in [1.29, 1.82) is 0 Å². The fourth-order valence-corrected chi connectivity index (χ4v) is 2.50. The Hall–Kier alpha value is -1.84. The van der Waals surface area contributed by atoms with Gasteiger partial charge in [0.25, 0.3) is 0 Å². The minimum Gasteiger partial charge on any atom is -0.504 e. The molecule has 0 unspecified atom stereocenters. The molecule has 1 N–H and O–H groups in total. The second-order valence-electron chi connectivity index (χ2n) is 5.39. The summed E-state index contributed by atoms with van der Waals surface area (Å²) in [5, 5.41) is 9.90. The van der Waals surface area contributed by atoms with Crippen molar-refractivity contribution < 1.29 is 19.0 Å². The first-order chi connectivity index (χ1) is 8.86. The lowest BCUT2D eigenvalue weighted by atomic mass is 9.81. The van der Waals surface area contributed by atoms with Gasteiger partial charge in [-0.3, -0.25) is 0 Å². The fourth-order valence-electron chi connectivity index (χ4n) is 2.50. The minimum atomic E-state index is -0.804. The molecule has 1 aliphatic rings. The van der Waals surface area contributed by atoms with Crippen LogP contribution in [0.3, 0.4) is 0 Å². The molecule has 0 aromatic heterocycles. The molecule has 0 radical (unpaired) electrons. The van der Waals surface area contributed by atoms with E-state index in [1.165, 1.54) is 13.2 Å². The monoisotopic (exact) mass is 264 g/mol. The number of rotatable bonds is 2. The highest BCUT2D eigenvalue weighted by Gasteiger charge is 2.31. The molecule has 0 saturated carbocycles. The second kappa shape index (κ2) is 4.68. The molecular formula is C15H17FO3. The number of carbonyl (C=O) groups excluding carboxylic acids is 1. The summed E-state index contributed by atoms with van der Waals surface area (Å²) >= 11 is 0. The van der Waals surface area contributed by atoms with Gasteiger partial charge in [-0.1, -0.05) is 19.9 Å². The van der Waals surface area contributed by atoms with E-state index < -0.39 is 17.5 Å². The average Bonchev–Trinajstić information content (AvgIpc) is 2.71. The molecule has 0 saturated heterocycles. The van der Waals surface area contributed by atoms with Gasteiger partial charge < -0.3 is 9.84 Å². The van der Waals surface area contributed by atoms with Crippen LogP contribution in [-0.4, -0.2) is 18.2 Å². The molecule has 102 valence electrons. The zero-order chi connectivity index (χ0) is 14.2. The smallest absolute Gasteiger partial charge is 0.337 e. The van der Waals surface area contributed by atoms with E-state index in [0.717, 1.165) is 24.5 Å².